The van der Waals surface area contributed by atoms with Crippen LogP contribution < -0.4 is 0 Å². The highest BCUT2D eigenvalue weighted by Gasteiger charge is 2.58. The van der Waals surface area contributed by atoms with Gasteiger partial charge in [0, 0.05) is 10.7 Å². The van der Waals surface area contributed by atoms with Crippen LogP contribution in [0.5, 0.6) is 0 Å². The van der Waals surface area contributed by atoms with Gasteiger partial charge in [-0.25, -0.2) is 0 Å². The molecule has 0 aliphatic heterocycles. The SMILES string of the molecule is O=COC12CC3CC(CC(Br)(C3)C1)C2. The topological polar surface area (TPSA) is 26.3 Å². The number of halogens is 1. The third-order valence-corrected chi connectivity index (χ3v) is 5.16. The second-order valence-electron chi connectivity index (χ2n) is 5.51. The van der Waals surface area contributed by atoms with Crippen LogP contribution in [0.2, 0.25) is 0 Å². The van der Waals surface area contributed by atoms with Crippen molar-refractivity contribution in [3.05, 3.63) is 0 Å². The van der Waals surface area contributed by atoms with Crippen molar-refractivity contribution >= 4 is 22.4 Å². The fourth-order valence-electron chi connectivity index (χ4n) is 4.31. The van der Waals surface area contributed by atoms with E-state index in [2.05, 4.69) is 15.9 Å². The van der Waals surface area contributed by atoms with Crippen molar-refractivity contribution in [3.8, 4) is 0 Å². The summed E-state index contributed by atoms with van der Waals surface area (Å²) in [7, 11) is 0. The molecule has 0 saturated heterocycles. The van der Waals surface area contributed by atoms with Gasteiger partial charge in [-0.2, -0.15) is 0 Å². The van der Waals surface area contributed by atoms with Gasteiger partial charge in [-0.15, -0.1) is 0 Å². The van der Waals surface area contributed by atoms with Gasteiger partial charge in [0.15, 0.2) is 0 Å². The lowest BCUT2D eigenvalue weighted by Gasteiger charge is -2.58. The number of rotatable bonds is 2. The number of hydrogen-bond donors (Lipinski definition) is 0. The summed E-state index contributed by atoms with van der Waals surface area (Å²) in [4.78, 5) is 10.6. The Morgan fingerprint density at radius 1 is 1.21 bits per heavy atom. The van der Waals surface area contributed by atoms with Gasteiger partial charge in [-0.05, 0) is 43.9 Å². The molecule has 2 atom stereocenters. The van der Waals surface area contributed by atoms with E-state index in [0.29, 0.717) is 10.8 Å². The molecule has 78 valence electrons. The Morgan fingerprint density at radius 3 is 2.36 bits per heavy atom. The highest BCUT2D eigenvalue weighted by Crippen LogP contribution is 2.61. The molecule has 3 heteroatoms. The Kier molecular flexibility index (Phi) is 1.80. The van der Waals surface area contributed by atoms with Crippen LogP contribution in [-0.2, 0) is 9.53 Å². The largest absolute Gasteiger partial charge is 0.461 e. The van der Waals surface area contributed by atoms with Crippen LogP contribution in [0.25, 0.3) is 0 Å². The minimum absolute atomic E-state index is 0.102. The highest BCUT2D eigenvalue weighted by atomic mass is 79.9. The summed E-state index contributed by atoms with van der Waals surface area (Å²) in [5.74, 6) is 1.58. The van der Waals surface area contributed by atoms with E-state index in [1.165, 1.54) is 19.3 Å². The summed E-state index contributed by atoms with van der Waals surface area (Å²) < 4.78 is 5.69. The Morgan fingerprint density at radius 2 is 1.86 bits per heavy atom. The molecular weight excluding hydrogens is 244 g/mol. The van der Waals surface area contributed by atoms with Gasteiger partial charge < -0.3 is 4.74 Å². The summed E-state index contributed by atoms with van der Waals surface area (Å²) in [5, 5.41) is 0. The fraction of sp³-hybridized carbons (Fsp3) is 0.909. The minimum Gasteiger partial charge on any atom is -0.461 e. The molecule has 0 heterocycles. The summed E-state index contributed by atoms with van der Waals surface area (Å²) in [6.07, 6.45) is 7.18. The van der Waals surface area contributed by atoms with Crippen LogP contribution in [0.4, 0.5) is 0 Å². The standard InChI is InChI=1S/C11H15BrO2/c12-10-2-8-1-9(3-10)5-11(4-8,6-10)14-7-13/h7-9H,1-6H2. The fourth-order valence-corrected chi connectivity index (χ4v) is 5.74. The van der Waals surface area contributed by atoms with E-state index < -0.39 is 0 Å². The van der Waals surface area contributed by atoms with Crippen molar-refractivity contribution in [1.82, 2.24) is 0 Å². The number of carbonyl (C=O) groups excluding carboxylic acids is 1. The summed E-state index contributed by atoms with van der Waals surface area (Å²) in [6, 6.07) is 0. The molecule has 4 aliphatic rings. The molecule has 4 rings (SSSR count). The first-order valence-corrected chi connectivity index (χ1v) is 6.23. The first-order chi connectivity index (χ1) is 6.63. The van der Waals surface area contributed by atoms with E-state index in [4.69, 9.17) is 4.74 Å². The van der Waals surface area contributed by atoms with Crippen molar-refractivity contribution in [2.75, 3.05) is 0 Å². The van der Waals surface area contributed by atoms with Crippen LogP contribution in [0.1, 0.15) is 38.5 Å². The average molecular weight is 259 g/mol. The molecule has 0 spiro atoms. The summed E-state index contributed by atoms with van der Waals surface area (Å²) >= 11 is 3.87. The lowest BCUT2D eigenvalue weighted by atomic mass is 9.54. The normalized spacial score (nSPS) is 54.6. The minimum atomic E-state index is -0.102. The van der Waals surface area contributed by atoms with E-state index in [1.807, 2.05) is 0 Å². The van der Waals surface area contributed by atoms with Crippen molar-refractivity contribution in [2.24, 2.45) is 11.8 Å². The smallest absolute Gasteiger partial charge is 0.293 e. The molecule has 2 unspecified atom stereocenters. The zero-order valence-corrected chi connectivity index (χ0v) is 9.76. The van der Waals surface area contributed by atoms with E-state index in [9.17, 15) is 4.79 Å². The number of alkyl halides is 1. The Bertz CT molecular complexity index is 262. The maximum atomic E-state index is 10.6. The van der Waals surface area contributed by atoms with Crippen LogP contribution in [0.15, 0.2) is 0 Å². The Balaban J connectivity index is 1.92. The maximum absolute atomic E-state index is 10.6. The molecule has 0 amide bonds. The van der Waals surface area contributed by atoms with Crippen molar-refractivity contribution in [1.29, 1.82) is 0 Å². The molecule has 4 bridgehead atoms. The second-order valence-corrected chi connectivity index (χ2v) is 7.19. The summed E-state index contributed by atoms with van der Waals surface area (Å²) in [6.45, 7) is 0.656. The first kappa shape index (κ1) is 9.20. The average Bonchev–Trinajstić information content (AvgIpc) is 1.97. The molecule has 0 aromatic heterocycles. The van der Waals surface area contributed by atoms with Crippen LogP contribution in [0, 0.1) is 11.8 Å². The summed E-state index contributed by atoms with van der Waals surface area (Å²) in [5.41, 5.74) is -0.102. The Hall–Kier alpha value is -0.0500. The van der Waals surface area contributed by atoms with E-state index in [-0.39, 0.29) is 5.60 Å². The van der Waals surface area contributed by atoms with Gasteiger partial charge in [0.05, 0.1) is 0 Å². The van der Waals surface area contributed by atoms with Crippen LogP contribution >= 0.6 is 15.9 Å². The lowest BCUT2D eigenvalue weighted by molar-refractivity contribution is -0.168. The lowest BCUT2D eigenvalue weighted by Crippen LogP contribution is -2.57. The Labute approximate surface area is 92.5 Å². The molecule has 2 nitrogen and oxygen atoms in total. The van der Waals surface area contributed by atoms with Crippen LogP contribution in [-0.4, -0.2) is 16.4 Å². The zero-order valence-electron chi connectivity index (χ0n) is 8.17. The molecule has 0 N–H and O–H groups in total. The van der Waals surface area contributed by atoms with Crippen molar-refractivity contribution < 1.29 is 9.53 Å². The third kappa shape index (κ3) is 1.24. The van der Waals surface area contributed by atoms with Gasteiger partial charge in [-0.1, -0.05) is 15.9 Å². The predicted molar refractivity (Wildman–Crippen MR) is 56.2 cm³/mol. The molecule has 4 fully saturated rings. The number of ether oxygens (including phenoxy) is 1. The van der Waals surface area contributed by atoms with E-state index in [1.54, 1.807) is 0 Å². The number of carbonyl (C=O) groups is 1. The molecule has 4 saturated carbocycles. The van der Waals surface area contributed by atoms with Crippen LogP contribution in [0.3, 0.4) is 0 Å². The highest BCUT2D eigenvalue weighted by molar-refractivity contribution is 9.10. The molecule has 14 heavy (non-hydrogen) atoms. The van der Waals surface area contributed by atoms with Gasteiger partial charge in [0.25, 0.3) is 6.47 Å². The van der Waals surface area contributed by atoms with Gasteiger partial charge in [0.1, 0.15) is 5.60 Å². The number of hydrogen-bond acceptors (Lipinski definition) is 2. The van der Waals surface area contributed by atoms with E-state index in [0.717, 1.165) is 31.1 Å². The zero-order chi connectivity index (χ0) is 9.81. The van der Waals surface area contributed by atoms with E-state index >= 15 is 0 Å². The molecular formula is C11H15BrO2. The van der Waals surface area contributed by atoms with Crippen molar-refractivity contribution in [2.45, 2.75) is 48.5 Å². The third-order valence-electron chi connectivity index (χ3n) is 4.23. The van der Waals surface area contributed by atoms with Gasteiger partial charge >= 0.3 is 0 Å². The quantitative estimate of drug-likeness (QED) is 0.563. The molecule has 4 aliphatic carbocycles. The monoisotopic (exact) mass is 258 g/mol. The van der Waals surface area contributed by atoms with Crippen molar-refractivity contribution in [3.63, 3.8) is 0 Å². The first-order valence-electron chi connectivity index (χ1n) is 5.44. The van der Waals surface area contributed by atoms with Gasteiger partial charge in [0.2, 0.25) is 0 Å². The second kappa shape index (κ2) is 2.75. The predicted octanol–water partition coefficient (Wildman–Crippen LogP) is 2.65. The molecule has 0 radical (unpaired) electrons. The maximum Gasteiger partial charge on any atom is 0.293 e. The molecule has 0 aromatic rings. The molecule has 0 aromatic carbocycles. The van der Waals surface area contributed by atoms with Gasteiger partial charge in [-0.3, -0.25) is 4.79 Å².